The highest BCUT2D eigenvalue weighted by molar-refractivity contribution is 6.30. The molecule has 0 unspecified atom stereocenters. The number of halogens is 1. The van der Waals surface area contributed by atoms with Crippen molar-refractivity contribution < 1.29 is 9.59 Å². The number of para-hydroxylation sites is 1. The highest BCUT2D eigenvalue weighted by Gasteiger charge is 2.20. The predicted octanol–water partition coefficient (Wildman–Crippen LogP) is 4.67. The molecule has 2 amide bonds. The Morgan fingerprint density at radius 3 is 2.41 bits per heavy atom. The maximum absolute atomic E-state index is 12.5. The van der Waals surface area contributed by atoms with Crippen LogP contribution in [0.25, 0.3) is 0 Å². The van der Waals surface area contributed by atoms with E-state index in [2.05, 4.69) is 26.1 Å². The molecule has 0 spiro atoms. The molecule has 1 N–H and O–H groups in total. The van der Waals surface area contributed by atoms with E-state index in [1.165, 1.54) is 6.92 Å². The Hall–Kier alpha value is -2.33. The number of hydrogen-bond donors (Lipinski definition) is 1. The molecular weight excluding hydrogens is 360 g/mol. The summed E-state index contributed by atoms with van der Waals surface area (Å²) in [5.41, 5.74) is 2.80. The van der Waals surface area contributed by atoms with Gasteiger partial charge in [0.2, 0.25) is 11.8 Å². The monoisotopic (exact) mass is 386 g/mol. The summed E-state index contributed by atoms with van der Waals surface area (Å²) >= 11 is 6.00. The summed E-state index contributed by atoms with van der Waals surface area (Å²) in [4.78, 5) is 26.1. The van der Waals surface area contributed by atoms with E-state index >= 15 is 0 Å². The Kier molecular flexibility index (Phi) is 7.03. The zero-order chi connectivity index (χ0) is 20.0. The van der Waals surface area contributed by atoms with Gasteiger partial charge in [-0.1, -0.05) is 62.7 Å². The molecule has 5 heteroatoms. The summed E-state index contributed by atoms with van der Waals surface area (Å²) in [6.07, 6.45) is 0.645. The van der Waals surface area contributed by atoms with Crippen LogP contribution >= 0.6 is 11.6 Å². The molecule has 144 valence electrons. The second-order valence-corrected chi connectivity index (χ2v) is 8.10. The first kappa shape index (κ1) is 21.0. The van der Waals surface area contributed by atoms with Crippen LogP contribution in [0, 0.1) is 0 Å². The van der Waals surface area contributed by atoms with Crippen molar-refractivity contribution in [3.63, 3.8) is 0 Å². The normalized spacial score (nSPS) is 11.1. The van der Waals surface area contributed by atoms with E-state index in [9.17, 15) is 9.59 Å². The van der Waals surface area contributed by atoms with Gasteiger partial charge in [0.15, 0.2) is 0 Å². The fraction of sp³-hybridized carbons (Fsp3) is 0.364. The molecule has 0 atom stereocenters. The molecule has 2 rings (SSSR count). The van der Waals surface area contributed by atoms with Crippen molar-refractivity contribution >= 4 is 29.1 Å². The lowest BCUT2D eigenvalue weighted by Crippen LogP contribution is -2.38. The highest BCUT2D eigenvalue weighted by atomic mass is 35.5. The van der Waals surface area contributed by atoms with Gasteiger partial charge in [-0.15, -0.1) is 0 Å². The summed E-state index contributed by atoms with van der Waals surface area (Å²) in [5.74, 6) is -0.329. The number of carbonyl (C=O) groups is 2. The topological polar surface area (TPSA) is 49.4 Å². The number of anilines is 1. The molecule has 0 aliphatic rings. The highest BCUT2D eigenvalue weighted by Crippen LogP contribution is 2.29. The fourth-order valence-electron chi connectivity index (χ4n) is 2.91. The molecule has 0 saturated carbocycles. The molecule has 0 radical (unpaired) electrons. The molecule has 4 nitrogen and oxygen atoms in total. The first-order valence-electron chi connectivity index (χ1n) is 9.06. The van der Waals surface area contributed by atoms with Crippen LogP contribution in [-0.2, 0) is 21.4 Å². The number of nitrogens with one attached hydrogen (secondary N) is 1. The Morgan fingerprint density at radius 2 is 1.78 bits per heavy atom. The van der Waals surface area contributed by atoms with Gasteiger partial charge in [0.25, 0.3) is 0 Å². The first-order chi connectivity index (χ1) is 12.7. The minimum absolute atomic E-state index is 0.0222. The maximum atomic E-state index is 12.5. The van der Waals surface area contributed by atoms with Crippen LogP contribution in [0.5, 0.6) is 0 Å². The summed E-state index contributed by atoms with van der Waals surface area (Å²) in [6.45, 7) is 8.27. The van der Waals surface area contributed by atoms with Crippen LogP contribution in [0.15, 0.2) is 48.5 Å². The smallest absolute Gasteiger partial charge is 0.244 e. The van der Waals surface area contributed by atoms with Gasteiger partial charge < -0.3 is 10.2 Å². The summed E-state index contributed by atoms with van der Waals surface area (Å²) in [5, 5.41) is 3.62. The Balaban J connectivity index is 2.02. The minimum Gasteiger partial charge on any atom is -0.333 e. The Labute approximate surface area is 166 Å². The predicted molar refractivity (Wildman–Crippen MR) is 111 cm³/mol. The Bertz CT molecular complexity index is 812. The number of amides is 2. The lowest BCUT2D eigenvalue weighted by atomic mass is 9.86. The number of nitrogens with zero attached hydrogens (tertiary/aromatic N) is 1. The van der Waals surface area contributed by atoms with Crippen molar-refractivity contribution in [3.05, 3.63) is 64.7 Å². The van der Waals surface area contributed by atoms with Crippen LogP contribution in [0.2, 0.25) is 5.02 Å². The second-order valence-electron chi connectivity index (χ2n) is 7.66. The van der Waals surface area contributed by atoms with E-state index in [0.717, 1.165) is 16.8 Å². The molecule has 27 heavy (non-hydrogen) atoms. The molecule has 0 aromatic heterocycles. The summed E-state index contributed by atoms with van der Waals surface area (Å²) < 4.78 is 0. The molecule has 0 aliphatic heterocycles. The summed E-state index contributed by atoms with van der Waals surface area (Å²) in [7, 11) is 0. The van der Waals surface area contributed by atoms with Crippen LogP contribution in [0.3, 0.4) is 0 Å². The van der Waals surface area contributed by atoms with Gasteiger partial charge in [0.05, 0.1) is 6.54 Å². The lowest BCUT2D eigenvalue weighted by Gasteiger charge is -2.24. The van der Waals surface area contributed by atoms with Gasteiger partial charge in [0.1, 0.15) is 0 Å². The average Bonchev–Trinajstić information content (AvgIpc) is 2.58. The van der Waals surface area contributed by atoms with Crippen LogP contribution in [0.4, 0.5) is 5.69 Å². The van der Waals surface area contributed by atoms with Gasteiger partial charge in [0, 0.05) is 24.2 Å². The molecular formula is C22H27ClN2O2. The molecule has 0 heterocycles. The van der Waals surface area contributed by atoms with E-state index in [-0.39, 0.29) is 23.8 Å². The third-order valence-corrected chi connectivity index (χ3v) is 4.58. The van der Waals surface area contributed by atoms with Crippen molar-refractivity contribution in [1.29, 1.82) is 0 Å². The Morgan fingerprint density at radius 1 is 1.07 bits per heavy atom. The third-order valence-electron chi connectivity index (χ3n) is 4.35. The number of rotatable bonds is 6. The number of carbonyl (C=O) groups excluding carboxylic acids is 2. The van der Waals surface area contributed by atoms with Crippen molar-refractivity contribution in [3.8, 4) is 0 Å². The number of benzene rings is 2. The number of hydrogen-bond acceptors (Lipinski definition) is 2. The zero-order valence-electron chi connectivity index (χ0n) is 16.4. The molecule has 0 bridgehead atoms. The zero-order valence-corrected chi connectivity index (χ0v) is 17.1. The first-order valence-corrected chi connectivity index (χ1v) is 9.44. The van der Waals surface area contributed by atoms with E-state index in [4.69, 9.17) is 11.6 Å². The lowest BCUT2D eigenvalue weighted by molar-refractivity contribution is -0.132. The molecule has 0 aliphatic carbocycles. The van der Waals surface area contributed by atoms with Crippen molar-refractivity contribution in [2.75, 3.05) is 18.4 Å². The van der Waals surface area contributed by atoms with Crippen molar-refractivity contribution in [1.82, 2.24) is 4.90 Å². The molecule has 0 saturated heterocycles. The quantitative estimate of drug-likeness (QED) is 0.784. The van der Waals surface area contributed by atoms with Crippen molar-refractivity contribution in [2.45, 2.75) is 39.5 Å². The van der Waals surface area contributed by atoms with E-state index in [1.807, 2.05) is 48.5 Å². The van der Waals surface area contributed by atoms with Crippen molar-refractivity contribution in [2.24, 2.45) is 0 Å². The summed E-state index contributed by atoms with van der Waals surface area (Å²) in [6, 6.07) is 15.3. The third kappa shape index (κ3) is 6.40. The molecule has 2 aromatic rings. The van der Waals surface area contributed by atoms with Crippen LogP contribution in [-0.4, -0.2) is 29.8 Å². The average molecular weight is 387 g/mol. The van der Waals surface area contributed by atoms with E-state index < -0.39 is 0 Å². The van der Waals surface area contributed by atoms with Crippen LogP contribution in [0.1, 0.15) is 38.8 Å². The van der Waals surface area contributed by atoms with Gasteiger partial charge in [-0.05, 0) is 41.2 Å². The molecule has 0 fully saturated rings. The minimum atomic E-state index is -0.201. The second kappa shape index (κ2) is 9.05. The van der Waals surface area contributed by atoms with Gasteiger partial charge in [-0.3, -0.25) is 9.59 Å². The van der Waals surface area contributed by atoms with Crippen LogP contribution < -0.4 is 5.32 Å². The van der Waals surface area contributed by atoms with Gasteiger partial charge >= 0.3 is 0 Å². The van der Waals surface area contributed by atoms with E-state index in [1.54, 1.807) is 4.90 Å². The fourth-order valence-corrected chi connectivity index (χ4v) is 3.13. The van der Waals surface area contributed by atoms with Gasteiger partial charge in [-0.25, -0.2) is 0 Å². The largest absolute Gasteiger partial charge is 0.333 e. The standard InChI is InChI=1S/C22H27ClN2O2/c1-16(26)25(13-12-17-8-7-9-18(23)14-17)15-21(27)24-20-11-6-5-10-19(20)22(2,3)4/h5-11,14H,12-13,15H2,1-4H3,(H,24,27). The maximum Gasteiger partial charge on any atom is 0.244 e. The van der Waals surface area contributed by atoms with E-state index in [0.29, 0.717) is 18.0 Å². The van der Waals surface area contributed by atoms with Gasteiger partial charge in [-0.2, -0.15) is 0 Å². The molecule has 2 aromatic carbocycles. The SMILES string of the molecule is CC(=O)N(CCc1cccc(Cl)c1)CC(=O)Nc1ccccc1C(C)(C)C.